The van der Waals surface area contributed by atoms with Crippen LogP contribution in [0.15, 0.2) is 42.5 Å². The van der Waals surface area contributed by atoms with Gasteiger partial charge in [0.25, 0.3) is 0 Å². The predicted octanol–water partition coefficient (Wildman–Crippen LogP) is 5.14. The SMILES string of the molecule is COc1cc(Cl)ccc1C(Br)c1ccc(C)cc1. The highest BCUT2D eigenvalue weighted by Gasteiger charge is 2.15. The van der Waals surface area contributed by atoms with Gasteiger partial charge in [-0.3, -0.25) is 0 Å². The molecule has 0 spiro atoms. The molecule has 0 amide bonds. The quantitative estimate of drug-likeness (QED) is 0.710. The van der Waals surface area contributed by atoms with Crippen molar-refractivity contribution < 1.29 is 4.74 Å². The number of benzene rings is 2. The lowest BCUT2D eigenvalue weighted by Crippen LogP contribution is -1.97. The fourth-order valence-electron chi connectivity index (χ4n) is 1.81. The Bertz CT molecular complexity index is 537. The number of hydrogen-bond donors (Lipinski definition) is 0. The van der Waals surface area contributed by atoms with E-state index >= 15 is 0 Å². The van der Waals surface area contributed by atoms with E-state index in [1.807, 2.05) is 18.2 Å². The molecule has 0 aliphatic heterocycles. The van der Waals surface area contributed by atoms with Crippen LogP contribution in [0.3, 0.4) is 0 Å². The maximum Gasteiger partial charge on any atom is 0.125 e. The van der Waals surface area contributed by atoms with E-state index in [9.17, 15) is 0 Å². The zero-order valence-corrected chi connectivity index (χ0v) is 12.6. The maximum absolute atomic E-state index is 5.97. The second-order valence-corrected chi connectivity index (χ2v) is 5.51. The van der Waals surface area contributed by atoms with E-state index in [4.69, 9.17) is 16.3 Å². The van der Waals surface area contributed by atoms with Gasteiger partial charge < -0.3 is 4.74 Å². The molecule has 1 nitrogen and oxygen atoms in total. The molecule has 2 aromatic carbocycles. The summed E-state index contributed by atoms with van der Waals surface area (Å²) >= 11 is 9.68. The highest BCUT2D eigenvalue weighted by atomic mass is 79.9. The molecule has 0 radical (unpaired) electrons. The Hall–Kier alpha value is -0.990. The summed E-state index contributed by atoms with van der Waals surface area (Å²) in [4.78, 5) is 0.102. The first-order chi connectivity index (χ1) is 8.61. The lowest BCUT2D eigenvalue weighted by atomic mass is 10.0. The Morgan fingerprint density at radius 3 is 2.39 bits per heavy atom. The van der Waals surface area contributed by atoms with Gasteiger partial charge in [0.2, 0.25) is 0 Å². The van der Waals surface area contributed by atoms with Crippen LogP contribution >= 0.6 is 27.5 Å². The molecule has 0 saturated heterocycles. The topological polar surface area (TPSA) is 9.23 Å². The summed E-state index contributed by atoms with van der Waals surface area (Å²) in [6, 6.07) is 14.1. The highest BCUT2D eigenvalue weighted by Crippen LogP contribution is 2.37. The summed E-state index contributed by atoms with van der Waals surface area (Å²) < 4.78 is 5.38. The molecule has 1 unspecified atom stereocenters. The van der Waals surface area contributed by atoms with Crippen molar-refractivity contribution in [3.05, 3.63) is 64.2 Å². The van der Waals surface area contributed by atoms with E-state index in [0.29, 0.717) is 5.02 Å². The van der Waals surface area contributed by atoms with Crippen LogP contribution < -0.4 is 4.74 Å². The minimum Gasteiger partial charge on any atom is -0.496 e. The Morgan fingerprint density at radius 1 is 1.11 bits per heavy atom. The summed E-state index contributed by atoms with van der Waals surface area (Å²) in [5, 5.41) is 0.680. The predicted molar refractivity (Wildman–Crippen MR) is 80.0 cm³/mol. The summed E-state index contributed by atoms with van der Waals surface area (Å²) in [5.74, 6) is 0.796. The molecule has 94 valence electrons. The molecule has 2 rings (SSSR count). The molecule has 0 saturated carbocycles. The fourth-order valence-corrected chi connectivity index (χ4v) is 2.65. The first-order valence-electron chi connectivity index (χ1n) is 5.66. The fraction of sp³-hybridized carbons (Fsp3) is 0.200. The molecular formula is C15H14BrClO. The van der Waals surface area contributed by atoms with E-state index in [2.05, 4.69) is 47.1 Å². The normalized spacial score (nSPS) is 12.2. The van der Waals surface area contributed by atoms with Crippen molar-refractivity contribution in [3.63, 3.8) is 0 Å². The molecule has 0 heterocycles. The monoisotopic (exact) mass is 324 g/mol. The Morgan fingerprint density at radius 2 is 1.78 bits per heavy atom. The van der Waals surface area contributed by atoms with Crippen LogP contribution in [0.25, 0.3) is 0 Å². The number of ether oxygens (including phenoxy) is 1. The Balaban J connectivity index is 2.39. The average Bonchev–Trinajstić information content (AvgIpc) is 2.38. The Labute approximate surface area is 121 Å². The van der Waals surface area contributed by atoms with Crippen molar-refractivity contribution in [2.45, 2.75) is 11.8 Å². The van der Waals surface area contributed by atoms with Crippen molar-refractivity contribution in [1.29, 1.82) is 0 Å². The van der Waals surface area contributed by atoms with E-state index in [0.717, 1.165) is 11.3 Å². The van der Waals surface area contributed by atoms with Gasteiger partial charge in [0.15, 0.2) is 0 Å². The third kappa shape index (κ3) is 2.88. The number of hydrogen-bond acceptors (Lipinski definition) is 1. The summed E-state index contributed by atoms with van der Waals surface area (Å²) in [6.07, 6.45) is 0. The molecule has 0 aromatic heterocycles. The largest absolute Gasteiger partial charge is 0.496 e. The van der Waals surface area contributed by atoms with Gasteiger partial charge in [0.05, 0.1) is 11.9 Å². The van der Waals surface area contributed by atoms with Gasteiger partial charge in [-0.2, -0.15) is 0 Å². The zero-order chi connectivity index (χ0) is 13.1. The molecule has 0 bridgehead atoms. The van der Waals surface area contributed by atoms with Crippen molar-refractivity contribution >= 4 is 27.5 Å². The van der Waals surface area contributed by atoms with Gasteiger partial charge >= 0.3 is 0 Å². The van der Waals surface area contributed by atoms with Crippen molar-refractivity contribution in [1.82, 2.24) is 0 Å². The van der Waals surface area contributed by atoms with E-state index in [1.54, 1.807) is 7.11 Å². The highest BCUT2D eigenvalue weighted by molar-refractivity contribution is 9.09. The molecule has 0 N–H and O–H groups in total. The lowest BCUT2D eigenvalue weighted by molar-refractivity contribution is 0.410. The smallest absolute Gasteiger partial charge is 0.125 e. The molecule has 0 fully saturated rings. The third-order valence-corrected chi connectivity index (χ3v) is 4.10. The molecule has 3 heteroatoms. The van der Waals surface area contributed by atoms with Crippen LogP contribution in [-0.4, -0.2) is 7.11 Å². The Kier molecular flexibility index (Phi) is 4.31. The van der Waals surface area contributed by atoms with E-state index < -0.39 is 0 Å². The van der Waals surface area contributed by atoms with Gasteiger partial charge in [-0.25, -0.2) is 0 Å². The summed E-state index contributed by atoms with van der Waals surface area (Å²) in [6.45, 7) is 2.08. The van der Waals surface area contributed by atoms with Crippen LogP contribution in [0.5, 0.6) is 5.75 Å². The van der Waals surface area contributed by atoms with Crippen LogP contribution in [0.2, 0.25) is 5.02 Å². The van der Waals surface area contributed by atoms with Crippen LogP contribution in [0.4, 0.5) is 0 Å². The molecule has 0 aliphatic carbocycles. The number of aryl methyl sites for hydroxylation is 1. The van der Waals surface area contributed by atoms with Gasteiger partial charge in [0.1, 0.15) is 5.75 Å². The summed E-state index contributed by atoms with van der Waals surface area (Å²) in [5.41, 5.74) is 3.52. The molecule has 0 aliphatic rings. The number of halogens is 2. The number of alkyl halides is 1. The number of rotatable bonds is 3. The minimum absolute atomic E-state index is 0.102. The molecular weight excluding hydrogens is 312 g/mol. The van der Waals surface area contributed by atoms with Crippen molar-refractivity contribution in [3.8, 4) is 5.75 Å². The zero-order valence-electron chi connectivity index (χ0n) is 10.3. The minimum atomic E-state index is 0.102. The van der Waals surface area contributed by atoms with Gasteiger partial charge in [0, 0.05) is 10.6 Å². The van der Waals surface area contributed by atoms with E-state index in [-0.39, 0.29) is 4.83 Å². The summed E-state index contributed by atoms with van der Waals surface area (Å²) in [7, 11) is 1.66. The lowest BCUT2D eigenvalue weighted by Gasteiger charge is -2.15. The van der Waals surface area contributed by atoms with Crippen LogP contribution in [-0.2, 0) is 0 Å². The first-order valence-corrected chi connectivity index (χ1v) is 6.95. The van der Waals surface area contributed by atoms with Crippen molar-refractivity contribution in [2.24, 2.45) is 0 Å². The maximum atomic E-state index is 5.97. The standard InChI is InChI=1S/C15H14BrClO/c1-10-3-5-11(6-4-10)15(16)13-8-7-12(17)9-14(13)18-2/h3-9,15H,1-2H3. The second-order valence-electron chi connectivity index (χ2n) is 4.16. The van der Waals surface area contributed by atoms with Gasteiger partial charge in [-0.05, 0) is 24.6 Å². The van der Waals surface area contributed by atoms with Crippen molar-refractivity contribution in [2.75, 3.05) is 7.11 Å². The third-order valence-electron chi connectivity index (χ3n) is 2.84. The molecule has 2 aromatic rings. The first kappa shape index (κ1) is 13.4. The van der Waals surface area contributed by atoms with E-state index in [1.165, 1.54) is 11.1 Å². The average molecular weight is 326 g/mol. The van der Waals surface area contributed by atoms with Gasteiger partial charge in [-0.15, -0.1) is 0 Å². The van der Waals surface area contributed by atoms with Crippen LogP contribution in [0.1, 0.15) is 21.5 Å². The van der Waals surface area contributed by atoms with Gasteiger partial charge in [-0.1, -0.05) is 63.4 Å². The molecule has 18 heavy (non-hydrogen) atoms. The molecule has 1 atom stereocenters. The van der Waals surface area contributed by atoms with Crippen LogP contribution in [0, 0.1) is 6.92 Å². The number of methoxy groups -OCH3 is 1. The second kappa shape index (κ2) is 5.77.